The number of carbonyl (C=O) groups excluding carboxylic acids is 1. The topological polar surface area (TPSA) is 71.1 Å². The van der Waals surface area contributed by atoms with Crippen molar-refractivity contribution >= 4 is 13.8 Å². The van der Waals surface area contributed by atoms with Crippen molar-refractivity contribution in [1.29, 1.82) is 0 Å². The Labute approximate surface area is 159 Å². The quantitative estimate of drug-likeness (QED) is 0.481. The summed E-state index contributed by atoms with van der Waals surface area (Å²) >= 11 is 0. The van der Waals surface area contributed by atoms with Crippen LogP contribution in [0.5, 0.6) is 11.5 Å². The molecule has 7 heteroatoms. The number of ether oxygens (including phenoxy) is 1. The third kappa shape index (κ3) is 5.84. The third-order valence-corrected chi connectivity index (χ3v) is 5.54. The van der Waals surface area contributed by atoms with E-state index in [-0.39, 0.29) is 0 Å². The molecule has 2 aromatic rings. The molecule has 0 amide bonds. The van der Waals surface area contributed by atoms with E-state index in [0.29, 0.717) is 24.3 Å². The molecule has 0 heterocycles. The molecule has 6 nitrogen and oxygen atoms in total. The molecular formula is C20H23O6P. The van der Waals surface area contributed by atoms with Gasteiger partial charge in [0.15, 0.2) is 0 Å². The van der Waals surface area contributed by atoms with Gasteiger partial charge in [-0.1, -0.05) is 42.8 Å². The maximum Gasteiger partial charge on any atom is 0.587 e. The van der Waals surface area contributed by atoms with E-state index in [4.69, 9.17) is 18.3 Å². The lowest BCUT2D eigenvalue weighted by atomic mass is 9.95. The molecule has 0 radical (unpaired) electrons. The Hall–Kier alpha value is -2.30. The second-order valence-corrected chi connectivity index (χ2v) is 7.80. The maximum atomic E-state index is 13.4. The molecule has 0 saturated heterocycles. The van der Waals surface area contributed by atoms with Gasteiger partial charge in [0.05, 0.1) is 0 Å². The highest BCUT2D eigenvalue weighted by atomic mass is 31.2. The van der Waals surface area contributed by atoms with E-state index in [1.165, 1.54) is 6.92 Å². The van der Waals surface area contributed by atoms with Crippen molar-refractivity contribution in [1.82, 2.24) is 0 Å². The summed E-state index contributed by atoms with van der Waals surface area (Å²) in [5, 5.41) is 0. The van der Waals surface area contributed by atoms with Crippen molar-refractivity contribution < 1.29 is 27.7 Å². The second-order valence-electron chi connectivity index (χ2n) is 6.33. The van der Waals surface area contributed by atoms with E-state index in [1.54, 1.807) is 48.5 Å². The first-order valence-corrected chi connectivity index (χ1v) is 10.4. The van der Waals surface area contributed by atoms with E-state index in [0.717, 1.165) is 12.8 Å². The molecule has 0 aliphatic heterocycles. The minimum absolute atomic E-state index is 0.372. The standard InChI is InChI=1S/C20H23O6P/c1-16(21)23-19-14-8-9-15-20(19)26-27(22,24-17-10-4-2-5-11-17)25-18-12-6-3-7-13-18/h2-7,10-13,19-20H,8-9,14-15H2,1H3/t19-,20+/m1/s1. The molecule has 1 aliphatic rings. The molecule has 0 unspecified atom stereocenters. The van der Waals surface area contributed by atoms with Gasteiger partial charge in [-0.25, -0.2) is 4.57 Å². The van der Waals surface area contributed by atoms with Crippen LogP contribution in [0, 0.1) is 0 Å². The normalized spacial score (nSPS) is 19.9. The highest BCUT2D eigenvalue weighted by Gasteiger charge is 2.40. The number of carbonyl (C=O) groups is 1. The third-order valence-electron chi connectivity index (χ3n) is 4.14. The molecular weight excluding hydrogens is 367 g/mol. The van der Waals surface area contributed by atoms with Crippen LogP contribution in [0.4, 0.5) is 0 Å². The largest absolute Gasteiger partial charge is 0.587 e. The van der Waals surface area contributed by atoms with Crippen molar-refractivity contribution in [2.45, 2.75) is 44.8 Å². The molecule has 0 aromatic heterocycles. The maximum absolute atomic E-state index is 13.4. The summed E-state index contributed by atoms with van der Waals surface area (Å²) in [6, 6.07) is 17.4. The molecule has 2 aromatic carbocycles. The van der Waals surface area contributed by atoms with E-state index < -0.39 is 26.0 Å². The van der Waals surface area contributed by atoms with Gasteiger partial charge >= 0.3 is 13.8 Å². The van der Waals surface area contributed by atoms with Crippen LogP contribution in [-0.2, 0) is 18.6 Å². The Morgan fingerprint density at radius 2 is 1.33 bits per heavy atom. The average molecular weight is 390 g/mol. The number of para-hydroxylation sites is 2. The molecule has 1 saturated carbocycles. The van der Waals surface area contributed by atoms with Crippen molar-refractivity contribution in [3.05, 3.63) is 60.7 Å². The van der Waals surface area contributed by atoms with Crippen molar-refractivity contribution in [3.8, 4) is 11.5 Å². The minimum Gasteiger partial charge on any atom is -0.460 e. The molecule has 2 atom stereocenters. The molecule has 1 aliphatic carbocycles. The molecule has 144 valence electrons. The summed E-state index contributed by atoms with van der Waals surface area (Å²) in [5.74, 6) is 0.353. The number of phosphoric ester groups is 1. The lowest BCUT2D eigenvalue weighted by Gasteiger charge is -2.32. The summed E-state index contributed by atoms with van der Waals surface area (Å²) < 4.78 is 35.9. The number of benzene rings is 2. The van der Waals surface area contributed by atoms with Gasteiger partial charge in [0, 0.05) is 6.92 Å². The van der Waals surface area contributed by atoms with Crippen LogP contribution in [0.1, 0.15) is 32.6 Å². The number of esters is 1. The first-order chi connectivity index (χ1) is 13.0. The number of hydrogen-bond acceptors (Lipinski definition) is 6. The van der Waals surface area contributed by atoms with Gasteiger partial charge < -0.3 is 13.8 Å². The molecule has 0 bridgehead atoms. The fraction of sp³-hybridized carbons (Fsp3) is 0.350. The number of hydrogen-bond donors (Lipinski definition) is 0. The SMILES string of the molecule is CC(=O)O[C@@H]1CCCC[C@@H]1OP(=O)(Oc1ccccc1)Oc1ccccc1. The fourth-order valence-electron chi connectivity index (χ4n) is 2.98. The van der Waals surface area contributed by atoms with Crippen molar-refractivity contribution in [2.24, 2.45) is 0 Å². The van der Waals surface area contributed by atoms with Gasteiger partial charge in [0.1, 0.15) is 23.7 Å². The Kier molecular flexibility index (Phi) is 6.54. The molecule has 0 spiro atoms. The van der Waals surface area contributed by atoms with Gasteiger partial charge in [-0.15, -0.1) is 0 Å². The van der Waals surface area contributed by atoms with Crippen LogP contribution in [-0.4, -0.2) is 18.2 Å². The lowest BCUT2D eigenvalue weighted by Crippen LogP contribution is -2.36. The smallest absolute Gasteiger partial charge is 0.460 e. The zero-order chi connectivity index (χ0) is 19.1. The van der Waals surface area contributed by atoms with Gasteiger partial charge in [0.25, 0.3) is 0 Å². The van der Waals surface area contributed by atoms with E-state index in [2.05, 4.69) is 0 Å². The van der Waals surface area contributed by atoms with E-state index >= 15 is 0 Å². The van der Waals surface area contributed by atoms with E-state index in [1.807, 2.05) is 12.1 Å². The lowest BCUT2D eigenvalue weighted by molar-refractivity contribution is -0.154. The highest BCUT2D eigenvalue weighted by Crippen LogP contribution is 2.52. The fourth-order valence-corrected chi connectivity index (χ4v) is 4.44. The van der Waals surface area contributed by atoms with Crippen LogP contribution < -0.4 is 9.05 Å². The predicted octanol–water partition coefficient (Wildman–Crippen LogP) is 5.14. The molecule has 3 rings (SSSR count). The number of rotatable bonds is 7. The Morgan fingerprint density at radius 3 is 1.81 bits per heavy atom. The van der Waals surface area contributed by atoms with Gasteiger partial charge in [-0.05, 0) is 43.5 Å². The molecule has 1 fully saturated rings. The first-order valence-electron chi connectivity index (χ1n) is 8.99. The first kappa shape index (κ1) is 19.5. The Balaban J connectivity index is 1.81. The predicted molar refractivity (Wildman–Crippen MR) is 101 cm³/mol. The van der Waals surface area contributed by atoms with Crippen molar-refractivity contribution in [2.75, 3.05) is 0 Å². The Bertz CT molecular complexity index is 734. The molecule has 27 heavy (non-hydrogen) atoms. The Morgan fingerprint density at radius 1 is 0.852 bits per heavy atom. The van der Waals surface area contributed by atoms with Gasteiger partial charge in [0.2, 0.25) is 0 Å². The summed E-state index contributed by atoms with van der Waals surface area (Å²) in [6.45, 7) is 1.35. The number of phosphoric acid groups is 1. The van der Waals surface area contributed by atoms with Gasteiger partial charge in [-0.2, -0.15) is 0 Å². The zero-order valence-corrected chi connectivity index (χ0v) is 16.0. The van der Waals surface area contributed by atoms with Crippen LogP contribution in [0.3, 0.4) is 0 Å². The average Bonchev–Trinajstić information content (AvgIpc) is 2.64. The summed E-state index contributed by atoms with van der Waals surface area (Å²) in [5.41, 5.74) is 0. The summed E-state index contributed by atoms with van der Waals surface area (Å²) in [7, 11) is -4.00. The van der Waals surface area contributed by atoms with Crippen LogP contribution >= 0.6 is 7.82 Å². The monoisotopic (exact) mass is 390 g/mol. The van der Waals surface area contributed by atoms with Crippen LogP contribution in [0.2, 0.25) is 0 Å². The summed E-state index contributed by atoms with van der Waals surface area (Å²) in [6.07, 6.45) is 2.05. The second kappa shape index (κ2) is 9.07. The van der Waals surface area contributed by atoms with Crippen LogP contribution in [0.25, 0.3) is 0 Å². The van der Waals surface area contributed by atoms with Crippen LogP contribution in [0.15, 0.2) is 60.7 Å². The van der Waals surface area contributed by atoms with E-state index in [9.17, 15) is 9.36 Å². The summed E-state index contributed by atoms with van der Waals surface area (Å²) in [4.78, 5) is 11.4. The van der Waals surface area contributed by atoms with Crippen molar-refractivity contribution in [3.63, 3.8) is 0 Å². The highest BCUT2D eigenvalue weighted by molar-refractivity contribution is 7.49. The zero-order valence-electron chi connectivity index (χ0n) is 15.2. The van der Waals surface area contributed by atoms with Gasteiger partial charge in [-0.3, -0.25) is 9.32 Å². The molecule has 0 N–H and O–H groups in total. The minimum atomic E-state index is -4.00.